The summed E-state index contributed by atoms with van der Waals surface area (Å²) in [6.07, 6.45) is 2.72. The average molecular weight is 392 g/mol. The summed E-state index contributed by atoms with van der Waals surface area (Å²) in [7, 11) is 5.26. The molecule has 5 nitrogen and oxygen atoms in total. The first kappa shape index (κ1) is 20.5. The highest BCUT2D eigenvalue weighted by Gasteiger charge is 2.19. The van der Waals surface area contributed by atoms with Gasteiger partial charge in [0.1, 0.15) is 0 Å². The van der Waals surface area contributed by atoms with Crippen LogP contribution in [0.15, 0.2) is 60.8 Å². The zero-order valence-electron chi connectivity index (χ0n) is 17.5. The third kappa shape index (κ3) is 4.80. The molecule has 0 saturated heterocycles. The summed E-state index contributed by atoms with van der Waals surface area (Å²) in [6.45, 7) is 3.14. The third-order valence-electron chi connectivity index (χ3n) is 5.19. The molecule has 1 heterocycles. The summed E-state index contributed by atoms with van der Waals surface area (Å²) >= 11 is 0. The highest BCUT2D eigenvalue weighted by atomic mass is 16.5. The molecule has 0 saturated carbocycles. The molecule has 1 aromatic heterocycles. The fraction of sp³-hybridized carbons (Fsp3) is 0.292. The van der Waals surface area contributed by atoms with E-state index in [1.807, 2.05) is 73.6 Å². The number of rotatable bonds is 8. The lowest BCUT2D eigenvalue weighted by atomic mass is 10.1. The fourth-order valence-electron chi connectivity index (χ4n) is 3.39. The Labute approximate surface area is 172 Å². The molecule has 0 fully saturated rings. The van der Waals surface area contributed by atoms with Gasteiger partial charge in [-0.1, -0.05) is 24.3 Å². The number of methoxy groups -OCH3 is 2. The van der Waals surface area contributed by atoms with E-state index in [2.05, 4.69) is 10.6 Å². The van der Waals surface area contributed by atoms with Gasteiger partial charge in [-0.05, 0) is 54.8 Å². The van der Waals surface area contributed by atoms with Gasteiger partial charge >= 0.3 is 0 Å². The predicted molar refractivity (Wildman–Crippen MR) is 115 cm³/mol. The van der Waals surface area contributed by atoms with Crippen molar-refractivity contribution in [2.75, 3.05) is 20.8 Å². The summed E-state index contributed by atoms with van der Waals surface area (Å²) < 4.78 is 12.8. The number of hydrogen-bond donors (Lipinski definition) is 0. The van der Waals surface area contributed by atoms with Crippen LogP contribution in [0.3, 0.4) is 0 Å². The molecule has 0 N–H and O–H groups in total. The van der Waals surface area contributed by atoms with Gasteiger partial charge in [-0.15, -0.1) is 0 Å². The van der Waals surface area contributed by atoms with E-state index in [0.29, 0.717) is 24.6 Å². The minimum Gasteiger partial charge on any atom is -0.493 e. The second-order valence-corrected chi connectivity index (χ2v) is 7.09. The number of nitrogens with zero attached hydrogens (tertiary/aromatic N) is 2. The molecule has 5 heteroatoms. The van der Waals surface area contributed by atoms with Crippen molar-refractivity contribution in [2.45, 2.75) is 19.9 Å². The first-order chi connectivity index (χ1) is 14.0. The normalized spacial score (nSPS) is 10.6. The lowest BCUT2D eigenvalue weighted by Crippen LogP contribution is -2.33. The van der Waals surface area contributed by atoms with Gasteiger partial charge in [-0.2, -0.15) is 0 Å². The van der Waals surface area contributed by atoms with E-state index in [-0.39, 0.29) is 5.91 Å². The van der Waals surface area contributed by atoms with E-state index in [9.17, 15) is 4.79 Å². The topological polar surface area (TPSA) is 43.7 Å². The minimum atomic E-state index is 0.0461. The van der Waals surface area contributed by atoms with E-state index in [0.717, 1.165) is 28.8 Å². The Balaban J connectivity index is 1.82. The molecular formula is C24H28N2O3. The maximum Gasteiger partial charge on any atom is 0.254 e. The number of hydrogen-bond acceptors (Lipinski definition) is 3. The smallest absolute Gasteiger partial charge is 0.254 e. The predicted octanol–water partition coefficient (Wildman–Crippen LogP) is 4.24. The standard InChI is InChI=1S/C24H28N2O3/c1-18-8-5-6-10-21(18)24(27)26(17-20-9-7-14-25(20)2)15-13-19-11-12-22(28-3)23(16-19)29-4/h5-12,14,16H,13,15,17H2,1-4H3. The molecule has 3 rings (SSSR count). The van der Waals surface area contributed by atoms with Crippen molar-refractivity contribution in [1.82, 2.24) is 9.47 Å². The van der Waals surface area contributed by atoms with Crippen molar-refractivity contribution in [3.8, 4) is 11.5 Å². The second-order valence-electron chi connectivity index (χ2n) is 7.09. The van der Waals surface area contributed by atoms with Gasteiger partial charge in [0.2, 0.25) is 0 Å². The highest BCUT2D eigenvalue weighted by Crippen LogP contribution is 2.28. The molecule has 0 unspecified atom stereocenters. The van der Waals surface area contributed by atoms with Gasteiger partial charge in [-0.3, -0.25) is 4.79 Å². The van der Waals surface area contributed by atoms with Crippen molar-refractivity contribution in [2.24, 2.45) is 7.05 Å². The monoisotopic (exact) mass is 392 g/mol. The third-order valence-corrected chi connectivity index (χ3v) is 5.19. The Morgan fingerprint density at radius 2 is 1.76 bits per heavy atom. The van der Waals surface area contributed by atoms with Gasteiger partial charge in [0.15, 0.2) is 11.5 Å². The van der Waals surface area contributed by atoms with E-state index < -0.39 is 0 Å². The second kappa shape index (κ2) is 9.32. The van der Waals surface area contributed by atoms with Crippen LogP contribution in [0.4, 0.5) is 0 Å². The molecule has 152 valence electrons. The molecule has 1 amide bonds. The van der Waals surface area contributed by atoms with Crippen LogP contribution in [0, 0.1) is 6.92 Å². The van der Waals surface area contributed by atoms with Crippen LogP contribution >= 0.6 is 0 Å². The van der Waals surface area contributed by atoms with Crippen molar-refractivity contribution in [3.05, 3.63) is 83.2 Å². The van der Waals surface area contributed by atoms with E-state index >= 15 is 0 Å². The van der Waals surface area contributed by atoms with Crippen LogP contribution in [0.25, 0.3) is 0 Å². The molecule has 2 aromatic carbocycles. The number of aryl methyl sites for hydroxylation is 2. The molecule has 0 radical (unpaired) electrons. The Kier molecular flexibility index (Phi) is 6.60. The Hall–Kier alpha value is -3.21. The SMILES string of the molecule is COc1ccc(CCN(Cc2cccn2C)C(=O)c2ccccc2C)cc1OC. The van der Waals surface area contributed by atoms with Crippen molar-refractivity contribution in [3.63, 3.8) is 0 Å². The Morgan fingerprint density at radius 1 is 1.00 bits per heavy atom. The summed E-state index contributed by atoms with van der Waals surface area (Å²) in [5, 5.41) is 0. The number of ether oxygens (including phenoxy) is 2. The van der Waals surface area contributed by atoms with Gasteiger partial charge in [0, 0.05) is 31.0 Å². The largest absolute Gasteiger partial charge is 0.493 e. The summed E-state index contributed by atoms with van der Waals surface area (Å²) in [5.74, 6) is 1.45. The highest BCUT2D eigenvalue weighted by molar-refractivity contribution is 5.95. The van der Waals surface area contributed by atoms with E-state index in [4.69, 9.17) is 9.47 Å². The number of benzene rings is 2. The molecule has 0 atom stereocenters. The number of carbonyl (C=O) groups is 1. The molecular weight excluding hydrogens is 364 g/mol. The molecule has 0 aliphatic carbocycles. The lowest BCUT2D eigenvalue weighted by molar-refractivity contribution is 0.0741. The Bertz CT molecular complexity index is 978. The Morgan fingerprint density at radius 3 is 2.41 bits per heavy atom. The van der Waals surface area contributed by atoms with Crippen LogP contribution in [0.5, 0.6) is 11.5 Å². The molecule has 0 spiro atoms. The molecule has 0 bridgehead atoms. The molecule has 3 aromatic rings. The number of carbonyl (C=O) groups excluding carboxylic acids is 1. The van der Waals surface area contributed by atoms with Gasteiger partial charge < -0.3 is 18.9 Å². The van der Waals surface area contributed by atoms with Gasteiger partial charge in [-0.25, -0.2) is 0 Å². The maximum absolute atomic E-state index is 13.3. The lowest BCUT2D eigenvalue weighted by Gasteiger charge is -2.24. The maximum atomic E-state index is 13.3. The zero-order chi connectivity index (χ0) is 20.8. The molecule has 29 heavy (non-hydrogen) atoms. The van der Waals surface area contributed by atoms with Crippen LogP contribution in [-0.2, 0) is 20.0 Å². The quantitative estimate of drug-likeness (QED) is 0.576. The summed E-state index contributed by atoms with van der Waals surface area (Å²) in [6, 6.07) is 17.7. The first-order valence-corrected chi connectivity index (χ1v) is 9.69. The molecule has 0 aliphatic rings. The van der Waals surface area contributed by atoms with Crippen molar-refractivity contribution in [1.29, 1.82) is 0 Å². The summed E-state index contributed by atoms with van der Waals surface area (Å²) in [5.41, 5.74) is 3.92. The molecule has 0 aliphatic heterocycles. The van der Waals surface area contributed by atoms with Gasteiger partial charge in [0.05, 0.1) is 20.8 Å². The van der Waals surface area contributed by atoms with E-state index in [1.54, 1.807) is 14.2 Å². The van der Waals surface area contributed by atoms with Crippen LogP contribution < -0.4 is 9.47 Å². The van der Waals surface area contributed by atoms with E-state index in [1.165, 1.54) is 0 Å². The van der Waals surface area contributed by atoms with Crippen molar-refractivity contribution < 1.29 is 14.3 Å². The van der Waals surface area contributed by atoms with Crippen molar-refractivity contribution >= 4 is 5.91 Å². The first-order valence-electron chi connectivity index (χ1n) is 9.69. The van der Waals surface area contributed by atoms with Crippen LogP contribution in [0.1, 0.15) is 27.2 Å². The zero-order valence-corrected chi connectivity index (χ0v) is 17.5. The minimum absolute atomic E-state index is 0.0461. The van der Waals surface area contributed by atoms with Crippen LogP contribution in [0.2, 0.25) is 0 Å². The van der Waals surface area contributed by atoms with Crippen LogP contribution in [-0.4, -0.2) is 36.1 Å². The summed E-state index contributed by atoms with van der Waals surface area (Å²) in [4.78, 5) is 15.2. The number of aromatic nitrogens is 1. The average Bonchev–Trinajstić information content (AvgIpc) is 3.15. The van der Waals surface area contributed by atoms with Gasteiger partial charge in [0.25, 0.3) is 5.91 Å². The number of amides is 1. The fourth-order valence-corrected chi connectivity index (χ4v) is 3.39.